The first kappa shape index (κ1) is 32.4. The van der Waals surface area contributed by atoms with Crippen LogP contribution in [0.5, 0.6) is 5.75 Å². The van der Waals surface area contributed by atoms with E-state index in [1.165, 1.54) is 43.9 Å². The lowest BCUT2D eigenvalue weighted by Gasteiger charge is -2.33. The van der Waals surface area contributed by atoms with Crippen molar-refractivity contribution in [3.05, 3.63) is 191 Å². The second-order valence-electron chi connectivity index (χ2n) is 15.4. The van der Waals surface area contributed by atoms with Gasteiger partial charge >= 0.3 is 0 Å². The minimum Gasteiger partial charge on any atom is -0.485 e. The predicted molar refractivity (Wildman–Crippen MR) is 230 cm³/mol. The van der Waals surface area contributed by atoms with Gasteiger partial charge in [0.15, 0.2) is 0 Å². The SMILES string of the molecule is C1=CC2Oc3ccc(-c4cccc5c6c(oc45)=CCCC=6C4NC(c5ccccc5)=NC(c5ccccc5)N4)cc3C2C(n2c3ccccc3c3ccccc32)=C1. The molecule has 6 heteroatoms. The van der Waals surface area contributed by atoms with E-state index in [0.717, 1.165) is 63.1 Å². The highest BCUT2D eigenvalue weighted by Crippen LogP contribution is 2.49. The number of nitrogens with zero attached hydrogens (tertiary/aromatic N) is 2. The van der Waals surface area contributed by atoms with Crippen LogP contribution >= 0.6 is 0 Å². The molecule has 57 heavy (non-hydrogen) atoms. The van der Waals surface area contributed by atoms with Gasteiger partial charge in [-0.2, -0.15) is 0 Å². The molecule has 6 nitrogen and oxygen atoms in total. The summed E-state index contributed by atoms with van der Waals surface area (Å²) in [6.07, 6.45) is 10.2. The first-order chi connectivity index (χ1) is 28.3. The van der Waals surface area contributed by atoms with E-state index in [1.807, 2.05) is 6.07 Å². The van der Waals surface area contributed by atoms with Gasteiger partial charge < -0.3 is 19.0 Å². The number of amidine groups is 1. The molecule has 12 rings (SSSR count). The van der Waals surface area contributed by atoms with Crippen LogP contribution in [0.1, 0.15) is 41.6 Å². The molecule has 6 aromatic carbocycles. The number of para-hydroxylation sites is 3. The van der Waals surface area contributed by atoms with E-state index in [1.54, 1.807) is 0 Å². The summed E-state index contributed by atoms with van der Waals surface area (Å²) in [5.41, 5.74) is 12.3. The van der Waals surface area contributed by atoms with E-state index >= 15 is 0 Å². The predicted octanol–water partition coefficient (Wildman–Crippen LogP) is 9.55. The lowest BCUT2D eigenvalue weighted by Crippen LogP contribution is -2.54. The highest BCUT2D eigenvalue weighted by Gasteiger charge is 2.39. The molecule has 4 aliphatic rings. The minimum absolute atomic E-state index is 0.0305. The first-order valence-corrected chi connectivity index (χ1v) is 19.9. The monoisotopic (exact) mass is 738 g/mol. The van der Waals surface area contributed by atoms with Crippen LogP contribution in [-0.4, -0.2) is 22.7 Å². The summed E-state index contributed by atoms with van der Waals surface area (Å²) in [7, 11) is 0. The normalized spacial score (nSPS) is 20.9. The molecule has 0 bridgehead atoms. The largest absolute Gasteiger partial charge is 0.485 e. The Morgan fingerprint density at radius 3 is 2.25 bits per heavy atom. The van der Waals surface area contributed by atoms with Crippen LogP contribution in [0.4, 0.5) is 0 Å². The molecular weight excluding hydrogens is 701 g/mol. The highest BCUT2D eigenvalue weighted by atomic mass is 16.5. The molecule has 0 fully saturated rings. The molecule has 0 saturated carbocycles. The van der Waals surface area contributed by atoms with Crippen LogP contribution in [-0.2, 0) is 0 Å². The van der Waals surface area contributed by atoms with Crippen LogP contribution in [0.25, 0.3) is 61.2 Å². The van der Waals surface area contributed by atoms with Crippen molar-refractivity contribution >= 4 is 56.0 Å². The smallest absolute Gasteiger partial charge is 0.143 e. The average Bonchev–Trinajstić information content (AvgIpc) is 3.96. The van der Waals surface area contributed by atoms with Gasteiger partial charge in [0.2, 0.25) is 0 Å². The van der Waals surface area contributed by atoms with Crippen LogP contribution in [0, 0.1) is 0 Å². The Bertz CT molecular complexity index is 3080. The maximum Gasteiger partial charge on any atom is 0.143 e. The van der Waals surface area contributed by atoms with Crippen LogP contribution in [0.3, 0.4) is 0 Å². The molecular formula is C51H38N4O2. The fourth-order valence-electron chi connectivity index (χ4n) is 9.62. The minimum atomic E-state index is -0.197. The molecule has 4 unspecified atom stereocenters. The Morgan fingerprint density at radius 1 is 0.702 bits per heavy atom. The van der Waals surface area contributed by atoms with Crippen molar-refractivity contribution in [1.29, 1.82) is 0 Å². The van der Waals surface area contributed by atoms with Crippen LogP contribution < -0.4 is 26.0 Å². The molecule has 8 aromatic rings. The number of furan rings is 1. The van der Waals surface area contributed by atoms with E-state index in [0.29, 0.717) is 0 Å². The number of benzene rings is 6. The third-order valence-corrected chi connectivity index (χ3v) is 12.2. The highest BCUT2D eigenvalue weighted by molar-refractivity contribution is 6.10. The Kier molecular flexibility index (Phi) is 7.29. The van der Waals surface area contributed by atoms with Crippen molar-refractivity contribution in [1.82, 2.24) is 15.2 Å². The van der Waals surface area contributed by atoms with Crippen molar-refractivity contribution in [2.45, 2.75) is 37.2 Å². The fourth-order valence-corrected chi connectivity index (χ4v) is 9.62. The van der Waals surface area contributed by atoms with E-state index in [9.17, 15) is 0 Å². The zero-order valence-electron chi connectivity index (χ0n) is 31.1. The zero-order valence-corrected chi connectivity index (χ0v) is 31.1. The summed E-state index contributed by atoms with van der Waals surface area (Å²) >= 11 is 0. The average molecular weight is 739 g/mol. The van der Waals surface area contributed by atoms with Gasteiger partial charge in [-0.05, 0) is 72.0 Å². The molecule has 0 amide bonds. The Balaban J connectivity index is 0.975. The maximum atomic E-state index is 6.90. The Hall–Kier alpha value is -6.89. The van der Waals surface area contributed by atoms with Gasteiger partial charge in [0.25, 0.3) is 0 Å². The standard InChI is InChI=1S/C51H38N4O2/c1-3-14-31(15-4-1)49-52-50(32-16-5-2-6-17-32)54-51(53-49)38-22-12-26-44-46(38)37-21-11-20-34(48(37)57-44)33-28-29-43-39(30-33)47-42(25-13-27-45(47)56-43)55-40-23-9-7-18-35(40)36-19-8-10-24-41(36)55/h1-11,13-21,23-30,45,47,49,51,53H,12,22H2,(H,52,54). The maximum absolute atomic E-state index is 6.90. The summed E-state index contributed by atoms with van der Waals surface area (Å²) in [5, 5.41) is 12.5. The number of aliphatic imine (C=N–C) groups is 1. The van der Waals surface area contributed by atoms with E-state index < -0.39 is 0 Å². The molecule has 0 saturated heterocycles. The Morgan fingerprint density at radius 2 is 1.44 bits per heavy atom. The van der Waals surface area contributed by atoms with Gasteiger partial charge in [-0.15, -0.1) is 0 Å². The molecule has 2 aliphatic carbocycles. The summed E-state index contributed by atoms with van der Waals surface area (Å²) in [5.74, 6) is 1.85. The molecule has 274 valence electrons. The number of allylic oxidation sites excluding steroid dienone is 2. The zero-order chi connectivity index (χ0) is 37.5. The van der Waals surface area contributed by atoms with Crippen molar-refractivity contribution in [3.63, 3.8) is 0 Å². The summed E-state index contributed by atoms with van der Waals surface area (Å²) in [6.45, 7) is 0. The van der Waals surface area contributed by atoms with Crippen molar-refractivity contribution in [2.75, 3.05) is 0 Å². The number of rotatable bonds is 5. The lowest BCUT2D eigenvalue weighted by atomic mass is 9.87. The van der Waals surface area contributed by atoms with Gasteiger partial charge in [0, 0.05) is 43.8 Å². The molecule has 0 spiro atoms. The van der Waals surface area contributed by atoms with Crippen molar-refractivity contribution < 1.29 is 9.15 Å². The third kappa shape index (κ3) is 5.11. The van der Waals surface area contributed by atoms with E-state index in [4.69, 9.17) is 14.1 Å². The van der Waals surface area contributed by atoms with E-state index in [-0.39, 0.29) is 24.4 Å². The molecule has 4 atom stereocenters. The number of ether oxygens (including phenoxy) is 1. The molecule has 2 N–H and O–H groups in total. The first-order valence-electron chi connectivity index (χ1n) is 19.9. The molecule has 2 aromatic heterocycles. The van der Waals surface area contributed by atoms with Gasteiger partial charge in [0.05, 0.1) is 17.0 Å². The second-order valence-corrected chi connectivity index (χ2v) is 15.4. The molecule has 4 heterocycles. The van der Waals surface area contributed by atoms with Crippen molar-refractivity contribution in [2.24, 2.45) is 4.99 Å². The number of hydrogen-bond acceptors (Lipinski definition) is 5. The van der Waals surface area contributed by atoms with Crippen LogP contribution in [0.15, 0.2) is 173 Å². The number of aromatic nitrogens is 1. The number of hydrogen-bond donors (Lipinski definition) is 2. The van der Waals surface area contributed by atoms with Gasteiger partial charge in [-0.3, -0.25) is 5.32 Å². The number of fused-ring (bicyclic) bond motifs is 9. The van der Waals surface area contributed by atoms with Gasteiger partial charge in [0.1, 0.15) is 41.0 Å². The fraction of sp³-hybridized carbons (Fsp3) is 0.118. The van der Waals surface area contributed by atoms with Crippen molar-refractivity contribution in [3.8, 4) is 16.9 Å². The quantitative estimate of drug-likeness (QED) is 0.185. The van der Waals surface area contributed by atoms with Gasteiger partial charge in [-0.25, -0.2) is 4.99 Å². The van der Waals surface area contributed by atoms with Gasteiger partial charge in [-0.1, -0.05) is 127 Å². The topological polar surface area (TPSA) is 63.7 Å². The number of nitrogens with one attached hydrogen (secondary N) is 2. The lowest BCUT2D eigenvalue weighted by molar-refractivity contribution is 0.270. The summed E-state index contributed by atoms with van der Waals surface area (Å²) in [4.78, 5) is 5.17. The van der Waals surface area contributed by atoms with E-state index in [2.05, 4.69) is 179 Å². The second kappa shape index (κ2) is 12.8. The molecule has 0 radical (unpaired) electrons. The van der Waals surface area contributed by atoms with Crippen LogP contribution in [0.2, 0.25) is 0 Å². The Labute approximate surface area is 329 Å². The molecule has 2 aliphatic heterocycles. The summed E-state index contributed by atoms with van der Waals surface area (Å²) in [6, 6.07) is 51.6. The third-order valence-electron chi connectivity index (χ3n) is 12.2. The summed E-state index contributed by atoms with van der Waals surface area (Å²) < 4.78 is 16.0.